The summed E-state index contributed by atoms with van der Waals surface area (Å²) in [5, 5.41) is 11.6. The number of rotatable bonds is 8. The molecular weight excluding hydrogens is 370 g/mol. The first-order valence-corrected chi connectivity index (χ1v) is 9.23. The molecule has 2 aromatic carbocycles. The number of hydrogen-bond donors (Lipinski definition) is 2. The van der Waals surface area contributed by atoms with Crippen LogP contribution >= 0.6 is 0 Å². The zero-order valence-electron chi connectivity index (χ0n) is 16.6. The monoisotopic (exact) mass is 393 g/mol. The molecule has 0 aliphatic heterocycles. The minimum Gasteiger partial charge on any atom is -0.490 e. The number of nitrogens with one attached hydrogen (secondary N) is 2. The molecule has 3 rings (SSSR count). The van der Waals surface area contributed by atoms with E-state index in [1.54, 1.807) is 13.1 Å². The second-order valence-corrected chi connectivity index (χ2v) is 6.31. The topological polar surface area (TPSA) is 101 Å². The van der Waals surface area contributed by atoms with Crippen LogP contribution in [0.2, 0.25) is 0 Å². The van der Waals surface area contributed by atoms with Gasteiger partial charge < -0.3 is 9.47 Å². The third-order valence-corrected chi connectivity index (χ3v) is 4.16. The molecule has 1 aromatic heterocycles. The Bertz CT molecular complexity index is 1060. The number of ether oxygens (including phenoxy) is 2. The first-order chi connectivity index (χ1) is 14.1. The molecule has 0 spiro atoms. The quantitative estimate of drug-likeness (QED) is 0.450. The van der Waals surface area contributed by atoms with Gasteiger partial charge in [0.1, 0.15) is 12.3 Å². The normalized spacial score (nSPS) is 10.9. The highest BCUT2D eigenvalue weighted by atomic mass is 16.5. The van der Waals surface area contributed by atoms with Gasteiger partial charge in [-0.15, -0.1) is 10.2 Å². The fourth-order valence-corrected chi connectivity index (χ4v) is 2.53. The molecule has 0 aliphatic carbocycles. The summed E-state index contributed by atoms with van der Waals surface area (Å²) in [5.41, 5.74) is 5.73. The van der Waals surface area contributed by atoms with Crippen molar-refractivity contribution in [2.24, 2.45) is 5.10 Å². The summed E-state index contributed by atoms with van der Waals surface area (Å²) in [4.78, 5) is 14.1. The van der Waals surface area contributed by atoms with Crippen LogP contribution in [0.5, 0.6) is 11.5 Å². The summed E-state index contributed by atoms with van der Waals surface area (Å²) in [6, 6.07) is 13.6. The highest BCUT2D eigenvalue weighted by molar-refractivity contribution is 5.81. The largest absolute Gasteiger partial charge is 0.490 e. The molecule has 0 amide bonds. The molecule has 150 valence electrons. The maximum absolute atomic E-state index is 11.5. The lowest BCUT2D eigenvalue weighted by atomic mass is 10.1. The zero-order chi connectivity index (χ0) is 20.6. The van der Waals surface area contributed by atoms with Gasteiger partial charge in [0.25, 0.3) is 5.56 Å². The van der Waals surface area contributed by atoms with Crippen LogP contribution in [-0.2, 0) is 6.61 Å². The van der Waals surface area contributed by atoms with E-state index in [4.69, 9.17) is 9.47 Å². The number of aromatic nitrogens is 3. The van der Waals surface area contributed by atoms with E-state index >= 15 is 0 Å². The number of H-pyrrole nitrogens is 1. The maximum Gasteiger partial charge on any atom is 0.274 e. The number of nitrogens with zero attached hydrogens (tertiary/aromatic N) is 3. The lowest BCUT2D eigenvalue weighted by Gasteiger charge is -2.13. The number of anilines is 1. The van der Waals surface area contributed by atoms with Gasteiger partial charge in [-0.2, -0.15) is 5.10 Å². The van der Waals surface area contributed by atoms with Gasteiger partial charge in [-0.1, -0.05) is 24.3 Å². The molecule has 0 radical (unpaired) electrons. The van der Waals surface area contributed by atoms with Crippen molar-refractivity contribution < 1.29 is 9.47 Å². The van der Waals surface area contributed by atoms with Gasteiger partial charge in [0.2, 0.25) is 5.95 Å². The van der Waals surface area contributed by atoms with Crippen LogP contribution in [-0.4, -0.2) is 28.0 Å². The number of hydrogen-bond acceptors (Lipinski definition) is 7. The van der Waals surface area contributed by atoms with E-state index in [2.05, 4.69) is 38.7 Å². The summed E-state index contributed by atoms with van der Waals surface area (Å²) in [5.74, 6) is 1.46. The molecular formula is C21H23N5O3. The minimum absolute atomic E-state index is 0.167. The van der Waals surface area contributed by atoms with E-state index in [9.17, 15) is 4.79 Å². The summed E-state index contributed by atoms with van der Waals surface area (Å²) in [6.07, 6.45) is 1.59. The number of aromatic amines is 1. The van der Waals surface area contributed by atoms with Gasteiger partial charge >= 0.3 is 0 Å². The lowest BCUT2D eigenvalue weighted by Crippen LogP contribution is -2.15. The van der Waals surface area contributed by atoms with Crippen molar-refractivity contribution in [3.05, 3.63) is 75.2 Å². The summed E-state index contributed by atoms with van der Waals surface area (Å²) in [6.45, 7) is 6.53. The van der Waals surface area contributed by atoms with Crippen LogP contribution in [0.15, 0.2) is 52.4 Å². The second-order valence-electron chi connectivity index (χ2n) is 6.31. The molecule has 0 saturated heterocycles. The number of benzene rings is 2. The molecule has 29 heavy (non-hydrogen) atoms. The Kier molecular flexibility index (Phi) is 6.57. The molecule has 0 saturated carbocycles. The van der Waals surface area contributed by atoms with Crippen molar-refractivity contribution in [3.8, 4) is 11.5 Å². The van der Waals surface area contributed by atoms with Crippen molar-refractivity contribution in [3.63, 3.8) is 0 Å². The average Bonchev–Trinajstić information content (AvgIpc) is 2.71. The molecule has 8 nitrogen and oxygen atoms in total. The van der Waals surface area contributed by atoms with Crippen LogP contribution in [0, 0.1) is 13.8 Å². The van der Waals surface area contributed by atoms with Gasteiger partial charge in [-0.05, 0) is 55.7 Å². The first-order valence-electron chi connectivity index (χ1n) is 9.23. The predicted molar refractivity (Wildman–Crippen MR) is 112 cm³/mol. The molecule has 1 heterocycles. The summed E-state index contributed by atoms with van der Waals surface area (Å²) < 4.78 is 11.7. The van der Waals surface area contributed by atoms with Gasteiger partial charge in [0.05, 0.1) is 12.8 Å². The predicted octanol–water partition coefficient (Wildman–Crippen LogP) is 3.21. The van der Waals surface area contributed by atoms with E-state index in [-0.39, 0.29) is 11.5 Å². The third-order valence-electron chi connectivity index (χ3n) is 4.16. The number of aryl methyl sites for hydroxylation is 2. The summed E-state index contributed by atoms with van der Waals surface area (Å²) >= 11 is 0. The van der Waals surface area contributed by atoms with Gasteiger partial charge in [0, 0.05) is 0 Å². The van der Waals surface area contributed by atoms with E-state index in [0.717, 1.165) is 11.1 Å². The van der Waals surface area contributed by atoms with Gasteiger partial charge in [0.15, 0.2) is 11.5 Å². The highest BCUT2D eigenvalue weighted by Crippen LogP contribution is 2.29. The van der Waals surface area contributed by atoms with Gasteiger partial charge in [-0.25, -0.2) is 5.43 Å². The summed E-state index contributed by atoms with van der Waals surface area (Å²) in [7, 11) is 0. The Morgan fingerprint density at radius 2 is 1.93 bits per heavy atom. The fourth-order valence-electron chi connectivity index (χ4n) is 2.53. The van der Waals surface area contributed by atoms with E-state index in [1.807, 2.05) is 43.3 Å². The van der Waals surface area contributed by atoms with Crippen molar-refractivity contribution in [2.75, 3.05) is 12.0 Å². The van der Waals surface area contributed by atoms with Crippen LogP contribution in [0.3, 0.4) is 0 Å². The van der Waals surface area contributed by atoms with Gasteiger partial charge in [-0.3, -0.25) is 9.78 Å². The fraction of sp³-hybridized carbons (Fsp3) is 0.238. The van der Waals surface area contributed by atoms with Crippen molar-refractivity contribution >= 4 is 12.2 Å². The SMILES string of the molecule is CCOc1cc(/C=N/Nc2nnc(C)c(=O)[nH]2)ccc1OCc1ccccc1C. The molecule has 8 heteroatoms. The molecule has 0 atom stereocenters. The molecule has 0 unspecified atom stereocenters. The van der Waals surface area contributed by atoms with Crippen molar-refractivity contribution in [2.45, 2.75) is 27.4 Å². The standard InChI is InChI=1S/C21H23N5O3/c1-4-28-19-11-16(12-22-25-21-23-20(27)15(3)24-26-21)9-10-18(19)29-13-17-8-6-5-7-14(17)2/h5-12H,4,13H2,1-3H3,(H2,23,25,26,27)/b22-12+. The molecule has 3 aromatic rings. The van der Waals surface area contributed by atoms with Crippen LogP contribution in [0.1, 0.15) is 29.3 Å². The number of hydrazone groups is 1. The second kappa shape index (κ2) is 9.50. The third kappa shape index (κ3) is 5.41. The Morgan fingerprint density at radius 3 is 2.69 bits per heavy atom. The van der Waals surface area contributed by atoms with Crippen molar-refractivity contribution in [1.29, 1.82) is 0 Å². The molecule has 0 bridgehead atoms. The zero-order valence-corrected chi connectivity index (χ0v) is 16.6. The average molecular weight is 393 g/mol. The Morgan fingerprint density at radius 1 is 1.10 bits per heavy atom. The smallest absolute Gasteiger partial charge is 0.274 e. The Balaban J connectivity index is 1.70. The lowest BCUT2D eigenvalue weighted by molar-refractivity contribution is 0.269. The van der Waals surface area contributed by atoms with Crippen LogP contribution in [0.4, 0.5) is 5.95 Å². The first kappa shape index (κ1) is 20.1. The molecule has 2 N–H and O–H groups in total. The van der Waals surface area contributed by atoms with E-state index < -0.39 is 0 Å². The van der Waals surface area contributed by atoms with Crippen LogP contribution in [0.25, 0.3) is 0 Å². The van der Waals surface area contributed by atoms with E-state index in [0.29, 0.717) is 30.4 Å². The highest BCUT2D eigenvalue weighted by Gasteiger charge is 2.07. The van der Waals surface area contributed by atoms with E-state index in [1.165, 1.54) is 5.56 Å². The van der Waals surface area contributed by atoms with Crippen LogP contribution < -0.4 is 20.5 Å². The maximum atomic E-state index is 11.5. The molecule has 0 aliphatic rings. The Hall–Kier alpha value is -3.68. The minimum atomic E-state index is -0.313. The Labute approximate surface area is 168 Å². The molecule has 0 fully saturated rings. The van der Waals surface area contributed by atoms with Crippen molar-refractivity contribution in [1.82, 2.24) is 15.2 Å².